The Bertz CT molecular complexity index is 211. The monoisotopic (exact) mass is 146 g/mol. The summed E-state index contributed by atoms with van der Waals surface area (Å²) in [5.41, 5.74) is 0.634. The number of sulfone groups is 1. The van der Waals surface area contributed by atoms with Gasteiger partial charge in [-0.1, -0.05) is 18.7 Å². The van der Waals surface area contributed by atoms with E-state index in [9.17, 15) is 8.42 Å². The van der Waals surface area contributed by atoms with Gasteiger partial charge < -0.3 is 0 Å². The van der Waals surface area contributed by atoms with E-state index < -0.39 is 9.84 Å². The van der Waals surface area contributed by atoms with Crippen molar-refractivity contribution in [2.75, 3.05) is 5.75 Å². The van der Waals surface area contributed by atoms with E-state index in [0.717, 1.165) is 5.41 Å². The highest BCUT2D eigenvalue weighted by Gasteiger charge is 2.02. The van der Waals surface area contributed by atoms with E-state index in [4.69, 9.17) is 0 Å². The van der Waals surface area contributed by atoms with Crippen LogP contribution in [-0.2, 0) is 9.84 Å². The van der Waals surface area contributed by atoms with E-state index in [1.54, 1.807) is 6.92 Å². The maximum atomic E-state index is 10.6. The molecule has 0 N–H and O–H groups in total. The van der Waals surface area contributed by atoms with Crippen molar-refractivity contribution in [3.63, 3.8) is 0 Å². The SMILES string of the molecule is C=CS(=O)(=O)CC(=C)C. The Labute approximate surface area is 55.8 Å². The maximum absolute atomic E-state index is 10.6. The van der Waals surface area contributed by atoms with Crippen molar-refractivity contribution in [1.82, 2.24) is 0 Å². The topological polar surface area (TPSA) is 34.1 Å². The zero-order chi connectivity index (χ0) is 7.49. The van der Waals surface area contributed by atoms with Crippen LogP contribution in [0.25, 0.3) is 0 Å². The summed E-state index contributed by atoms with van der Waals surface area (Å²) in [6.07, 6.45) is 0. The molecule has 0 rings (SSSR count). The summed E-state index contributed by atoms with van der Waals surface area (Å²) >= 11 is 0. The maximum Gasteiger partial charge on any atom is 0.174 e. The van der Waals surface area contributed by atoms with E-state index in [2.05, 4.69) is 13.2 Å². The molecule has 0 spiro atoms. The lowest BCUT2D eigenvalue weighted by Gasteiger charge is -1.93. The molecule has 0 bridgehead atoms. The highest BCUT2D eigenvalue weighted by Crippen LogP contribution is 1.97. The van der Waals surface area contributed by atoms with Crippen LogP contribution in [0.15, 0.2) is 24.1 Å². The van der Waals surface area contributed by atoms with Crippen molar-refractivity contribution in [3.05, 3.63) is 24.1 Å². The lowest BCUT2D eigenvalue weighted by Crippen LogP contribution is -2.01. The highest BCUT2D eigenvalue weighted by molar-refractivity contribution is 7.94. The van der Waals surface area contributed by atoms with Crippen LogP contribution in [0.1, 0.15) is 6.92 Å². The van der Waals surface area contributed by atoms with Crippen molar-refractivity contribution in [2.45, 2.75) is 6.92 Å². The van der Waals surface area contributed by atoms with Gasteiger partial charge in [0.05, 0.1) is 5.75 Å². The van der Waals surface area contributed by atoms with E-state index in [1.165, 1.54) is 0 Å². The van der Waals surface area contributed by atoms with Crippen molar-refractivity contribution < 1.29 is 8.42 Å². The Morgan fingerprint density at radius 3 is 2.22 bits per heavy atom. The predicted molar refractivity (Wildman–Crippen MR) is 38.8 cm³/mol. The molecule has 0 atom stereocenters. The standard InChI is InChI=1S/C6H10O2S/c1-4-9(7,8)5-6(2)3/h4H,1-2,5H2,3H3. The fraction of sp³-hybridized carbons (Fsp3) is 0.333. The second-order valence-corrected chi connectivity index (χ2v) is 3.88. The van der Waals surface area contributed by atoms with Crippen LogP contribution in [0.2, 0.25) is 0 Å². The summed E-state index contributed by atoms with van der Waals surface area (Å²) in [4.78, 5) is 0. The minimum absolute atomic E-state index is 0.0104. The van der Waals surface area contributed by atoms with Crippen LogP contribution in [0.3, 0.4) is 0 Å². The molecule has 0 aliphatic rings. The fourth-order valence-corrected chi connectivity index (χ4v) is 1.21. The average Bonchev–Trinajstić information content (AvgIpc) is 1.63. The molecule has 52 valence electrons. The second-order valence-electron chi connectivity index (χ2n) is 1.93. The molecule has 0 radical (unpaired) electrons. The van der Waals surface area contributed by atoms with E-state index in [1.807, 2.05) is 0 Å². The molecule has 0 aliphatic carbocycles. The molecule has 0 heterocycles. The third kappa shape index (κ3) is 3.97. The molecule has 0 saturated carbocycles. The van der Waals surface area contributed by atoms with Crippen LogP contribution in [0, 0.1) is 0 Å². The molecule has 2 nitrogen and oxygen atoms in total. The first kappa shape index (κ1) is 8.43. The van der Waals surface area contributed by atoms with Crippen LogP contribution < -0.4 is 0 Å². The zero-order valence-corrected chi connectivity index (χ0v) is 6.24. The van der Waals surface area contributed by atoms with Crippen molar-refractivity contribution >= 4 is 9.84 Å². The molecule has 0 aromatic rings. The van der Waals surface area contributed by atoms with Gasteiger partial charge >= 0.3 is 0 Å². The first-order valence-corrected chi connectivity index (χ1v) is 4.19. The van der Waals surface area contributed by atoms with Crippen LogP contribution in [0.5, 0.6) is 0 Å². The third-order valence-electron chi connectivity index (χ3n) is 0.702. The normalized spacial score (nSPS) is 10.8. The van der Waals surface area contributed by atoms with E-state index in [-0.39, 0.29) is 5.75 Å². The Kier molecular flexibility index (Phi) is 2.65. The fourth-order valence-electron chi connectivity index (χ4n) is 0.402. The summed E-state index contributed by atoms with van der Waals surface area (Å²) in [7, 11) is -3.05. The molecule has 0 amide bonds. The highest BCUT2D eigenvalue weighted by atomic mass is 32.2. The Balaban J connectivity index is 4.23. The largest absolute Gasteiger partial charge is 0.224 e. The van der Waals surface area contributed by atoms with Crippen LogP contribution >= 0.6 is 0 Å². The van der Waals surface area contributed by atoms with Gasteiger partial charge in [-0.25, -0.2) is 8.42 Å². The Morgan fingerprint density at radius 1 is 1.67 bits per heavy atom. The van der Waals surface area contributed by atoms with Gasteiger partial charge in [0.15, 0.2) is 9.84 Å². The Hall–Kier alpha value is -0.570. The zero-order valence-electron chi connectivity index (χ0n) is 5.42. The van der Waals surface area contributed by atoms with Gasteiger partial charge in [0, 0.05) is 5.41 Å². The van der Waals surface area contributed by atoms with Crippen molar-refractivity contribution in [1.29, 1.82) is 0 Å². The first-order valence-electron chi connectivity index (χ1n) is 2.47. The Morgan fingerprint density at radius 2 is 2.11 bits per heavy atom. The quantitative estimate of drug-likeness (QED) is 0.559. The smallest absolute Gasteiger partial charge is 0.174 e. The van der Waals surface area contributed by atoms with Gasteiger partial charge in [0.25, 0.3) is 0 Å². The van der Waals surface area contributed by atoms with Gasteiger partial charge in [-0.05, 0) is 6.92 Å². The number of hydrogen-bond donors (Lipinski definition) is 0. The molecular formula is C6H10O2S. The average molecular weight is 146 g/mol. The predicted octanol–water partition coefficient (Wildman–Crippen LogP) is 1.12. The molecular weight excluding hydrogens is 136 g/mol. The molecule has 0 saturated heterocycles. The lowest BCUT2D eigenvalue weighted by atomic mass is 10.4. The third-order valence-corrected chi connectivity index (χ3v) is 2.10. The molecule has 3 heteroatoms. The summed E-state index contributed by atoms with van der Waals surface area (Å²) in [6, 6.07) is 0. The summed E-state index contributed by atoms with van der Waals surface area (Å²) in [6.45, 7) is 8.29. The number of hydrogen-bond acceptors (Lipinski definition) is 2. The minimum Gasteiger partial charge on any atom is -0.224 e. The molecule has 9 heavy (non-hydrogen) atoms. The number of rotatable bonds is 3. The van der Waals surface area contributed by atoms with E-state index in [0.29, 0.717) is 5.57 Å². The summed E-state index contributed by atoms with van der Waals surface area (Å²) in [5, 5.41) is 0.946. The van der Waals surface area contributed by atoms with Gasteiger partial charge in [-0.2, -0.15) is 0 Å². The van der Waals surface area contributed by atoms with Crippen LogP contribution in [-0.4, -0.2) is 14.2 Å². The molecule has 0 aromatic carbocycles. The van der Waals surface area contributed by atoms with Crippen molar-refractivity contribution in [3.8, 4) is 0 Å². The van der Waals surface area contributed by atoms with Gasteiger partial charge in [-0.15, -0.1) is 0 Å². The summed E-state index contributed by atoms with van der Waals surface area (Å²) in [5.74, 6) is 0.0104. The lowest BCUT2D eigenvalue weighted by molar-refractivity contribution is 0.606. The van der Waals surface area contributed by atoms with Crippen LogP contribution in [0.4, 0.5) is 0 Å². The molecule has 0 unspecified atom stereocenters. The minimum atomic E-state index is -3.05. The molecule has 0 aromatic heterocycles. The van der Waals surface area contributed by atoms with E-state index >= 15 is 0 Å². The van der Waals surface area contributed by atoms with Gasteiger partial charge in [0.1, 0.15) is 0 Å². The molecule has 0 aliphatic heterocycles. The first-order chi connectivity index (χ1) is 3.98. The molecule has 0 fully saturated rings. The summed E-state index contributed by atoms with van der Waals surface area (Å²) < 4.78 is 21.3. The van der Waals surface area contributed by atoms with Gasteiger partial charge in [0.2, 0.25) is 0 Å². The second kappa shape index (κ2) is 2.82. The van der Waals surface area contributed by atoms with Gasteiger partial charge in [-0.3, -0.25) is 0 Å². The van der Waals surface area contributed by atoms with Crippen molar-refractivity contribution in [2.24, 2.45) is 0 Å².